The van der Waals surface area contributed by atoms with Crippen molar-refractivity contribution in [2.24, 2.45) is 5.73 Å². The number of nitrogens with two attached hydrogens (primary N) is 1. The molecule has 0 saturated carbocycles. The van der Waals surface area contributed by atoms with Crippen LogP contribution in [0.3, 0.4) is 0 Å². The summed E-state index contributed by atoms with van der Waals surface area (Å²) in [5.74, 6) is 0. The number of rotatable bonds is 5. The van der Waals surface area contributed by atoms with Crippen molar-refractivity contribution in [2.75, 3.05) is 21.3 Å². The first kappa shape index (κ1) is 12.3. The van der Waals surface area contributed by atoms with E-state index in [9.17, 15) is 0 Å². The zero-order valence-electron chi connectivity index (χ0n) is 9.32. The van der Waals surface area contributed by atoms with Gasteiger partial charge < -0.3 is 19.0 Å². The second-order valence-electron chi connectivity index (χ2n) is 3.07. The first-order valence-electron chi connectivity index (χ1n) is 4.67. The Bertz CT molecular complexity index is 290. The Morgan fingerprint density at radius 2 is 1.47 bits per heavy atom. The Hall–Kier alpha value is -0.723. The quantitative estimate of drug-likeness (QED) is 0.732. The molecule has 0 amide bonds. The predicted molar refractivity (Wildman–Crippen MR) is 60.7 cm³/mol. The maximum Gasteiger partial charge on any atom is 0.536 e. The van der Waals surface area contributed by atoms with Crippen LogP contribution in [0, 0.1) is 0 Å². The average Bonchev–Trinajstić information content (AvgIpc) is 2.33. The van der Waals surface area contributed by atoms with Crippen LogP contribution in [0.2, 0.25) is 0 Å². The molecule has 0 bridgehead atoms. The molecule has 0 atom stereocenters. The highest BCUT2D eigenvalue weighted by Crippen LogP contribution is 2.07. The van der Waals surface area contributed by atoms with Crippen molar-refractivity contribution in [1.82, 2.24) is 0 Å². The van der Waals surface area contributed by atoms with Crippen molar-refractivity contribution >= 4 is 14.0 Å². The van der Waals surface area contributed by atoms with Crippen molar-refractivity contribution in [2.45, 2.75) is 6.54 Å². The predicted octanol–water partition coefficient (Wildman–Crippen LogP) is 0.230. The van der Waals surface area contributed by atoms with E-state index >= 15 is 0 Å². The first-order valence-corrected chi connectivity index (χ1v) is 6.40. The van der Waals surface area contributed by atoms with Gasteiger partial charge in [-0.1, -0.05) is 24.3 Å². The molecule has 0 fully saturated rings. The highest BCUT2D eigenvalue weighted by Gasteiger charge is 2.40. The standard InChI is InChI=1S/C10H17NO3Si/c1-12-15(13-2,14-3)10-6-4-9(8-11)5-7-10/h4-7H,8,11H2,1-3H3. The number of benzene rings is 1. The second-order valence-corrected chi connectivity index (χ2v) is 5.98. The zero-order chi connectivity index (χ0) is 11.3. The number of hydrogen-bond acceptors (Lipinski definition) is 4. The smallest absolute Gasteiger partial charge is 0.373 e. The minimum Gasteiger partial charge on any atom is -0.373 e. The molecule has 1 aromatic rings. The maximum absolute atomic E-state index is 5.52. The van der Waals surface area contributed by atoms with E-state index < -0.39 is 8.80 Å². The average molecular weight is 227 g/mol. The SMILES string of the molecule is CO[Si](OC)(OC)c1ccc(CN)cc1. The van der Waals surface area contributed by atoms with Crippen LogP contribution in [-0.2, 0) is 19.8 Å². The summed E-state index contributed by atoms with van der Waals surface area (Å²) in [6.45, 7) is 0.530. The van der Waals surface area contributed by atoms with Crippen LogP contribution >= 0.6 is 0 Å². The first-order chi connectivity index (χ1) is 7.22. The van der Waals surface area contributed by atoms with Crippen LogP contribution < -0.4 is 10.9 Å². The molecule has 0 saturated heterocycles. The summed E-state index contributed by atoms with van der Waals surface area (Å²) in [4.78, 5) is 0. The van der Waals surface area contributed by atoms with E-state index in [1.807, 2.05) is 24.3 Å². The van der Waals surface area contributed by atoms with E-state index in [4.69, 9.17) is 19.0 Å². The van der Waals surface area contributed by atoms with Crippen molar-refractivity contribution in [3.05, 3.63) is 29.8 Å². The minimum absolute atomic E-state index is 0.530. The van der Waals surface area contributed by atoms with E-state index in [0.717, 1.165) is 10.8 Å². The van der Waals surface area contributed by atoms with E-state index in [1.54, 1.807) is 21.3 Å². The van der Waals surface area contributed by atoms with Crippen LogP contribution in [0.25, 0.3) is 0 Å². The fourth-order valence-corrected chi connectivity index (χ4v) is 3.23. The van der Waals surface area contributed by atoms with Crippen LogP contribution in [-0.4, -0.2) is 30.1 Å². The molecule has 1 aromatic carbocycles. The lowest BCUT2D eigenvalue weighted by Gasteiger charge is -2.24. The molecule has 5 heteroatoms. The lowest BCUT2D eigenvalue weighted by molar-refractivity contribution is 0.140. The Labute approximate surface area is 91.3 Å². The largest absolute Gasteiger partial charge is 0.536 e. The van der Waals surface area contributed by atoms with Crippen LogP contribution in [0.5, 0.6) is 0 Å². The fourth-order valence-electron chi connectivity index (χ4n) is 1.45. The summed E-state index contributed by atoms with van der Waals surface area (Å²) in [6, 6.07) is 7.78. The highest BCUT2D eigenvalue weighted by molar-refractivity contribution is 6.75. The summed E-state index contributed by atoms with van der Waals surface area (Å²) in [5, 5.41) is 0.937. The molecule has 0 aliphatic rings. The van der Waals surface area contributed by atoms with Gasteiger partial charge in [-0.3, -0.25) is 0 Å². The third kappa shape index (κ3) is 2.45. The van der Waals surface area contributed by atoms with Gasteiger partial charge in [-0.15, -0.1) is 0 Å². The van der Waals surface area contributed by atoms with Gasteiger partial charge in [0.25, 0.3) is 0 Å². The van der Waals surface area contributed by atoms with Crippen molar-refractivity contribution < 1.29 is 13.3 Å². The van der Waals surface area contributed by atoms with E-state index in [0.29, 0.717) is 6.54 Å². The fraction of sp³-hybridized carbons (Fsp3) is 0.400. The Balaban J connectivity index is 3.01. The molecule has 0 spiro atoms. The van der Waals surface area contributed by atoms with Gasteiger partial charge in [-0.2, -0.15) is 0 Å². The molecule has 0 aromatic heterocycles. The molecule has 2 N–H and O–H groups in total. The third-order valence-electron chi connectivity index (χ3n) is 2.35. The Kier molecular flexibility index (Phi) is 4.43. The molecule has 0 aliphatic heterocycles. The molecular weight excluding hydrogens is 210 g/mol. The van der Waals surface area contributed by atoms with Gasteiger partial charge in [0.1, 0.15) is 0 Å². The second kappa shape index (κ2) is 5.39. The van der Waals surface area contributed by atoms with Crippen LogP contribution in [0.1, 0.15) is 5.56 Å². The summed E-state index contributed by atoms with van der Waals surface area (Å²) < 4.78 is 16.1. The number of hydrogen-bond donors (Lipinski definition) is 1. The maximum atomic E-state index is 5.52. The molecular formula is C10H17NO3Si. The molecule has 84 valence electrons. The van der Waals surface area contributed by atoms with Crippen molar-refractivity contribution in [3.8, 4) is 0 Å². The van der Waals surface area contributed by atoms with Gasteiger partial charge in [-0.05, 0) is 5.56 Å². The van der Waals surface area contributed by atoms with E-state index in [-0.39, 0.29) is 0 Å². The van der Waals surface area contributed by atoms with Gasteiger partial charge in [0.05, 0.1) is 0 Å². The lowest BCUT2D eigenvalue weighted by atomic mass is 10.2. The monoisotopic (exact) mass is 227 g/mol. The molecule has 0 unspecified atom stereocenters. The van der Waals surface area contributed by atoms with Crippen LogP contribution in [0.4, 0.5) is 0 Å². The molecule has 0 radical (unpaired) electrons. The molecule has 0 aliphatic carbocycles. The Morgan fingerprint density at radius 1 is 1.00 bits per heavy atom. The normalized spacial score (nSPS) is 11.7. The third-order valence-corrected chi connectivity index (χ3v) is 5.00. The van der Waals surface area contributed by atoms with E-state index in [2.05, 4.69) is 0 Å². The summed E-state index contributed by atoms with van der Waals surface area (Å²) in [7, 11) is 2.11. The summed E-state index contributed by atoms with van der Waals surface area (Å²) in [6.07, 6.45) is 0. The van der Waals surface area contributed by atoms with Gasteiger partial charge >= 0.3 is 8.80 Å². The van der Waals surface area contributed by atoms with Gasteiger partial charge in [-0.25, -0.2) is 0 Å². The molecule has 0 heterocycles. The minimum atomic E-state index is -2.67. The van der Waals surface area contributed by atoms with Gasteiger partial charge in [0, 0.05) is 33.1 Å². The van der Waals surface area contributed by atoms with E-state index in [1.165, 1.54) is 0 Å². The summed E-state index contributed by atoms with van der Waals surface area (Å²) >= 11 is 0. The molecule has 1 rings (SSSR count). The van der Waals surface area contributed by atoms with Crippen molar-refractivity contribution in [1.29, 1.82) is 0 Å². The van der Waals surface area contributed by atoms with Gasteiger partial charge in [0.15, 0.2) is 0 Å². The zero-order valence-corrected chi connectivity index (χ0v) is 10.3. The van der Waals surface area contributed by atoms with Crippen LogP contribution in [0.15, 0.2) is 24.3 Å². The Morgan fingerprint density at radius 3 is 1.80 bits per heavy atom. The highest BCUT2D eigenvalue weighted by atomic mass is 28.4. The molecule has 4 nitrogen and oxygen atoms in total. The molecule has 15 heavy (non-hydrogen) atoms. The summed E-state index contributed by atoms with van der Waals surface area (Å²) in [5.41, 5.74) is 6.60. The van der Waals surface area contributed by atoms with Crippen molar-refractivity contribution in [3.63, 3.8) is 0 Å². The van der Waals surface area contributed by atoms with Gasteiger partial charge in [0.2, 0.25) is 0 Å². The topological polar surface area (TPSA) is 53.7 Å². The lowest BCUT2D eigenvalue weighted by Crippen LogP contribution is -2.54.